The fourth-order valence-corrected chi connectivity index (χ4v) is 3.14. The molecule has 1 amide bonds. The van der Waals surface area contributed by atoms with Crippen molar-refractivity contribution >= 4 is 16.8 Å². The number of hydrogen-bond acceptors (Lipinski definition) is 2. The summed E-state index contributed by atoms with van der Waals surface area (Å²) in [5, 5.41) is 7.60. The van der Waals surface area contributed by atoms with Crippen LogP contribution in [0.5, 0.6) is 0 Å². The number of aromatic amines is 1. The number of H-pyrrole nitrogens is 1. The average molecular weight is 285 g/mol. The lowest BCUT2D eigenvalue weighted by Crippen LogP contribution is -2.41. The van der Waals surface area contributed by atoms with Crippen LogP contribution in [0.1, 0.15) is 37.7 Å². The minimum absolute atomic E-state index is 0.114. The summed E-state index contributed by atoms with van der Waals surface area (Å²) >= 11 is 0. The summed E-state index contributed by atoms with van der Waals surface area (Å²) in [7, 11) is 0. The number of fused-ring (bicyclic) bond motifs is 1. The zero-order valence-corrected chi connectivity index (χ0v) is 12.3. The summed E-state index contributed by atoms with van der Waals surface area (Å²) in [6.45, 7) is 1.10. The molecule has 1 aromatic carbocycles. The number of amides is 1. The number of hydrogen-bond donors (Lipinski definition) is 3. The van der Waals surface area contributed by atoms with E-state index in [0.717, 1.165) is 18.4 Å². The van der Waals surface area contributed by atoms with Crippen molar-refractivity contribution in [2.45, 2.75) is 44.7 Å². The van der Waals surface area contributed by atoms with Crippen molar-refractivity contribution in [3.05, 3.63) is 36.0 Å². The van der Waals surface area contributed by atoms with Crippen molar-refractivity contribution in [2.24, 2.45) is 0 Å². The second-order valence-corrected chi connectivity index (χ2v) is 5.86. The Morgan fingerprint density at radius 1 is 1.19 bits per heavy atom. The molecular weight excluding hydrogens is 262 g/mol. The Labute approximate surface area is 125 Å². The van der Waals surface area contributed by atoms with Gasteiger partial charge in [0.15, 0.2) is 0 Å². The summed E-state index contributed by atoms with van der Waals surface area (Å²) < 4.78 is 0. The minimum Gasteiger partial charge on any atom is -0.361 e. The first-order valence-electron chi connectivity index (χ1n) is 7.88. The average Bonchev–Trinajstić information content (AvgIpc) is 2.97. The van der Waals surface area contributed by atoms with E-state index in [1.165, 1.54) is 30.2 Å². The fraction of sp³-hybridized carbons (Fsp3) is 0.471. The first-order chi connectivity index (χ1) is 10.3. The molecule has 0 spiro atoms. The third-order valence-corrected chi connectivity index (χ3v) is 4.26. The quantitative estimate of drug-likeness (QED) is 0.791. The highest BCUT2D eigenvalue weighted by Crippen LogP contribution is 2.18. The summed E-state index contributed by atoms with van der Waals surface area (Å²) in [6, 6.07) is 8.67. The second kappa shape index (κ2) is 6.76. The largest absolute Gasteiger partial charge is 0.361 e. The van der Waals surface area contributed by atoms with Gasteiger partial charge in [-0.2, -0.15) is 0 Å². The highest BCUT2D eigenvalue weighted by atomic mass is 16.1. The molecule has 1 saturated carbocycles. The Kier molecular flexibility index (Phi) is 4.55. The van der Waals surface area contributed by atoms with Gasteiger partial charge >= 0.3 is 0 Å². The Balaban J connectivity index is 1.47. The van der Waals surface area contributed by atoms with E-state index in [-0.39, 0.29) is 5.91 Å². The zero-order chi connectivity index (χ0) is 14.5. The molecule has 4 heteroatoms. The van der Waals surface area contributed by atoms with E-state index < -0.39 is 0 Å². The molecule has 0 bridgehead atoms. The number of rotatable bonds is 5. The molecule has 0 atom stereocenters. The Hall–Kier alpha value is -1.81. The molecule has 1 heterocycles. The van der Waals surface area contributed by atoms with Gasteiger partial charge < -0.3 is 15.6 Å². The van der Waals surface area contributed by atoms with Crippen molar-refractivity contribution in [1.82, 2.24) is 15.6 Å². The molecule has 0 aliphatic heterocycles. The van der Waals surface area contributed by atoms with Gasteiger partial charge in [0.2, 0.25) is 5.91 Å². The monoisotopic (exact) mass is 285 g/mol. The van der Waals surface area contributed by atoms with Crippen LogP contribution >= 0.6 is 0 Å². The number of benzene rings is 1. The van der Waals surface area contributed by atoms with E-state index in [4.69, 9.17) is 0 Å². The molecule has 3 N–H and O–H groups in total. The van der Waals surface area contributed by atoms with Crippen LogP contribution in [0.2, 0.25) is 0 Å². The molecule has 1 aliphatic carbocycles. The molecule has 1 aromatic heterocycles. The number of carbonyl (C=O) groups is 1. The van der Waals surface area contributed by atoms with E-state index in [1.807, 2.05) is 12.3 Å². The van der Waals surface area contributed by atoms with Crippen LogP contribution in [0.4, 0.5) is 0 Å². The summed E-state index contributed by atoms with van der Waals surface area (Å²) in [5.74, 6) is 0.114. The van der Waals surface area contributed by atoms with Gasteiger partial charge in [-0.3, -0.25) is 4.79 Å². The van der Waals surface area contributed by atoms with Gasteiger partial charge in [0.05, 0.1) is 6.54 Å². The minimum atomic E-state index is 0.114. The summed E-state index contributed by atoms with van der Waals surface area (Å²) in [6.07, 6.45) is 8.01. The van der Waals surface area contributed by atoms with E-state index in [0.29, 0.717) is 19.1 Å². The van der Waals surface area contributed by atoms with Crippen molar-refractivity contribution < 1.29 is 4.79 Å². The van der Waals surface area contributed by atoms with Gasteiger partial charge in [-0.1, -0.05) is 31.4 Å². The molecule has 3 rings (SSSR count). The van der Waals surface area contributed by atoms with Gasteiger partial charge in [0, 0.05) is 29.7 Å². The van der Waals surface area contributed by atoms with Gasteiger partial charge in [-0.15, -0.1) is 0 Å². The molecular formula is C17H23N3O. The van der Waals surface area contributed by atoms with Crippen LogP contribution in [-0.2, 0) is 11.3 Å². The summed E-state index contributed by atoms with van der Waals surface area (Å²) in [4.78, 5) is 15.1. The lowest BCUT2D eigenvalue weighted by molar-refractivity contribution is -0.121. The van der Waals surface area contributed by atoms with Crippen LogP contribution in [0.15, 0.2) is 30.5 Å². The fourth-order valence-electron chi connectivity index (χ4n) is 3.14. The maximum Gasteiger partial charge on any atom is 0.234 e. The van der Waals surface area contributed by atoms with E-state index >= 15 is 0 Å². The molecule has 0 unspecified atom stereocenters. The first-order valence-corrected chi connectivity index (χ1v) is 7.88. The molecule has 4 nitrogen and oxygen atoms in total. The highest BCUT2D eigenvalue weighted by molar-refractivity contribution is 5.83. The standard InChI is InChI=1S/C17H23N3O/c21-17(20-14-6-2-1-3-7-14)12-18-11-13-5-4-8-16-15(13)9-10-19-16/h4-5,8-10,14,18-19H,1-3,6-7,11-12H2,(H,20,21). The van der Waals surface area contributed by atoms with E-state index in [9.17, 15) is 4.79 Å². The van der Waals surface area contributed by atoms with Crippen LogP contribution in [-0.4, -0.2) is 23.5 Å². The second-order valence-electron chi connectivity index (χ2n) is 5.86. The molecule has 1 aliphatic rings. The van der Waals surface area contributed by atoms with Crippen LogP contribution in [0.3, 0.4) is 0 Å². The van der Waals surface area contributed by atoms with Crippen LogP contribution in [0, 0.1) is 0 Å². The van der Waals surface area contributed by atoms with Crippen LogP contribution in [0.25, 0.3) is 10.9 Å². The van der Waals surface area contributed by atoms with E-state index in [1.54, 1.807) is 0 Å². The normalized spacial score (nSPS) is 16.2. The Morgan fingerprint density at radius 3 is 2.90 bits per heavy atom. The highest BCUT2D eigenvalue weighted by Gasteiger charge is 2.15. The molecule has 1 fully saturated rings. The molecule has 0 radical (unpaired) electrons. The Morgan fingerprint density at radius 2 is 2.05 bits per heavy atom. The first kappa shape index (κ1) is 14.1. The summed E-state index contributed by atoms with van der Waals surface area (Å²) in [5.41, 5.74) is 2.36. The van der Waals surface area contributed by atoms with Crippen molar-refractivity contribution in [2.75, 3.05) is 6.54 Å². The number of nitrogens with one attached hydrogen (secondary N) is 3. The van der Waals surface area contributed by atoms with Crippen molar-refractivity contribution in [1.29, 1.82) is 0 Å². The molecule has 2 aromatic rings. The number of aromatic nitrogens is 1. The maximum absolute atomic E-state index is 11.9. The smallest absolute Gasteiger partial charge is 0.234 e. The Bertz CT molecular complexity index is 599. The number of carbonyl (C=O) groups excluding carboxylic acids is 1. The van der Waals surface area contributed by atoms with Crippen LogP contribution < -0.4 is 10.6 Å². The maximum atomic E-state index is 11.9. The van der Waals surface area contributed by atoms with Gasteiger partial charge in [0.1, 0.15) is 0 Å². The lowest BCUT2D eigenvalue weighted by atomic mass is 9.95. The predicted octanol–water partition coefficient (Wildman–Crippen LogP) is 2.71. The molecule has 21 heavy (non-hydrogen) atoms. The SMILES string of the molecule is O=C(CNCc1cccc2[nH]ccc12)NC1CCCCC1. The van der Waals surface area contributed by atoms with Crippen molar-refractivity contribution in [3.8, 4) is 0 Å². The zero-order valence-electron chi connectivity index (χ0n) is 12.3. The molecule has 112 valence electrons. The predicted molar refractivity (Wildman–Crippen MR) is 85.0 cm³/mol. The van der Waals surface area contributed by atoms with E-state index in [2.05, 4.69) is 33.8 Å². The topological polar surface area (TPSA) is 56.9 Å². The third-order valence-electron chi connectivity index (χ3n) is 4.26. The van der Waals surface area contributed by atoms with Gasteiger partial charge in [-0.05, 0) is 30.5 Å². The van der Waals surface area contributed by atoms with Gasteiger partial charge in [-0.25, -0.2) is 0 Å². The molecule has 0 saturated heterocycles. The van der Waals surface area contributed by atoms with Gasteiger partial charge in [0.25, 0.3) is 0 Å². The third kappa shape index (κ3) is 3.64. The van der Waals surface area contributed by atoms with Crippen molar-refractivity contribution in [3.63, 3.8) is 0 Å². The lowest BCUT2D eigenvalue weighted by Gasteiger charge is -2.22.